The zero-order valence-electron chi connectivity index (χ0n) is 13.1. The van der Waals surface area contributed by atoms with E-state index in [1.54, 1.807) is 26.4 Å². The van der Waals surface area contributed by atoms with Crippen molar-refractivity contribution in [1.29, 1.82) is 0 Å². The van der Waals surface area contributed by atoms with Gasteiger partial charge in [0.15, 0.2) is 0 Å². The van der Waals surface area contributed by atoms with Gasteiger partial charge in [-0.2, -0.15) is 0 Å². The summed E-state index contributed by atoms with van der Waals surface area (Å²) in [6, 6.07) is 12.9. The molecule has 2 N–H and O–H groups in total. The number of carbonyl (C=O) groups is 1. The number of rotatable bonds is 3. The van der Waals surface area contributed by atoms with Crippen LogP contribution in [0.1, 0.15) is 17.0 Å². The van der Waals surface area contributed by atoms with E-state index in [9.17, 15) is 9.90 Å². The number of hydrogen-bond donors (Lipinski definition) is 2. The predicted octanol–water partition coefficient (Wildman–Crippen LogP) is 2.34. The van der Waals surface area contributed by atoms with Gasteiger partial charge in [-0.05, 0) is 47.9 Å². The average Bonchev–Trinajstić information content (AvgIpc) is 2.71. The van der Waals surface area contributed by atoms with Gasteiger partial charge in [-0.15, -0.1) is 0 Å². The van der Waals surface area contributed by atoms with Crippen molar-refractivity contribution in [3.8, 4) is 11.5 Å². The summed E-state index contributed by atoms with van der Waals surface area (Å²) in [7, 11) is 3.21. The normalized spacial score (nSPS) is 20.2. The summed E-state index contributed by atoms with van der Waals surface area (Å²) >= 11 is 0. The summed E-state index contributed by atoms with van der Waals surface area (Å²) in [6.07, 6.45) is -0.569. The van der Waals surface area contributed by atoms with Crippen molar-refractivity contribution < 1.29 is 19.4 Å². The summed E-state index contributed by atoms with van der Waals surface area (Å²) in [4.78, 5) is 12.2. The first-order chi connectivity index (χ1) is 11.1. The standard InChI is InChI=1S/C18H19NO4/c1-22-13-5-3-11(4-6-13)15-10-12-9-14(23-2)7-8-16(12)19-18(21)17(15)20/h3-9,15,17,20H,10H2,1-2H3,(H,19,21)/t15-,17+/m0/s1. The van der Waals surface area contributed by atoms with Crippen molar-refractivity contribution in [3.05, 3.63) is 53.6 Å². The van der Waals surface area contributed by atoms with Crippen LogP contribution < -0.4 is 14.8 Å². The minimum Gasteiger partial charge on any atom is -0.497 e. The zero-order valence-corrected chi connectivity index (χ0v) is 13.1. The second kappa shape index (κ2) is 6.30. The molecule has 0 aromatic heterocycles. The molecule has 0 saturated heterocycles. The van der Waals surface area contributed by atoms with Crippen LogP contribution in [0.25, 0.3) is 0 Å². The Labute approximate surface area is 134 Å². The van der Waals surface area contributed by atoms with Crippen LogP contribution in [-0.4, -0.2) is 31.3 Å². The molecule has 0 aliphatic carbocycles. The SMILES string of the molecule is COc1ccc([C@@H]2Cc3cc(OC)ccc3NC(=O)[C@@H]2O)cc1. The lowest BCUT2D eigenvalue weighted by molar-refractivity contribution is -0.124. The molecule has 5 heteroatoms. The van der Waals surface area contributed by atoms with E-state index in [2.05, 4.69) is 5.32 Å². The number of anilines is 1. The minimum atomic E-state index is -1.11. The first-order valence-electron chi connectivity index (χ1n) is 7.42. The smallest absolute Gasteiger partial charge is 0.253 e. The number of carbonyl (C=O) groups excluding carboxylic acids is 1. The van der Waals surface area contributed by atoms with Gasteiger partial charge in [-0.25, -0.2) is 0 Å². The second-order valence-electron chi connectivity index (χ2n) is 5.54. The molecule has 0 spiro atoms. The Kier molecular flexibility index (Phi) is 4.21. The minimum absolute atomic E-state index is 0.325. The topological polar surface area (TPSA) is 67.8 Å². The maximum atomic E-state index is 12.2. The average molecular weight is 313 g/mol. The van der Waals surface area contributed by atoms with Crippen molar-refractivity contribution in [2.24, 2.45) is 0 Å². The fourth-order valence-electron chi connectivity index (χ4n) is 2.88. The number of aliphatic hydroxyl groups excluding tert-OH is 1. The number of ether oxygens (including phenoxy) is 2. The highest BCUT2D eigenvalue weighted by atomic mass is 16.5. The molecule has 2 aromatic rings. The summed E-state index contributed by atoms with van der Waals surface area (Å²) in [5, 5.41) is 13.2. The third-order valence-corrected chi connectivity index (χ3v) is 4.20. The Morgan fingerprint density at radius 1 is 1.04 bits per heavy atom. The van der Waals surface area contributed by atoms with Crippen molar-refractivity contribution >= 4 is 11.6 Å². The maximum Gasteiger partial charge on any atom is 0.253 e. The highest BCUT2D eigenvalue weighted by Gasteiger charge is 2.32. The molecule has 2 aromatic carbocycles. The highest BCUT2D eigenvalue weighted by Crippen LogP contribution is 2.34. The van der Waals surface area contributed by atoms with E-state index in [4.69, 9.17) is 9.47 Å². The number of nitrogens with one attached hydrogen (secondary N) is 1. The Balaban J connectivity index is 1.99. The summed E-state index contributed by atoms with van der Waals surface area (Å²) in [5.41, 5.74) is 2.55. The van der Waals surface area contributed by atoms with Crippen LogP contribution >= 0.6 is 0 Å². The summed E-state index contributed by atoms with van der Waals surface area (Å²) in [6.45, 7) is 0. The molecular weight excluding hydrogens is 294 g/mol. The highest BCUT2D eigenvalue weighted by molar-refractivity contribution is 5.96. The van der Waals surface area contributed by atoms with E-state index < -0.39 is 12.0 Å². The van der Waals surface area contributed by atoms with Crippen molar-refractivity contribution in [2.75, 3.05) is 19.5 Å². The third kappa shape index (κ3) is 3.00. The summed E-state index contributed by atoms with van der Waals surface area (Å²) in [5.74, 6) is 0.746. The van der Waals surface area contributed by atoms with E-state index in [0.717, 1.165) is 22.6 Å². The third-order valence-electron chi connectivity index (χ3n) is 4.20. The van der Waals surface area contributed by atoms with Crippen LogP contribution in [-0.2, 0) is 11.2 Å². The number of benzene rings is 2. The lowest BCUT2D eigenvalue weighted by atomic mass is 9.87. The van der Waals surface area contributed by atoms with Gasteiger partial charge >= 0.3 is 0 Å². The number of amides is 1. The van der Waals surface area contributed by atoms with Gasteiger partial charge in [-0.3, -0.25) is 4.79 Å². The number of methoxy groups -OCH3 is 2. The second-order valence-corrected chi connectivity index (χ2v) is 5.54. The van der Waals surface area contributed by atoms with Crippen LogP contribution in [0.2, 0.25) is 0 Å². The van der Waals surface area contributed by atoms with Crippen LogP contribution in [0.15, 0.2) is 42.5 Å². The lowest BCUT2D eigenvalue weighted by Crippen LogP contribution is -2.31. The number of hydrogen-bond acceptors (Lipinski definition) is 4. The molecule has 0 saturated carbocycles. The van der Waals surface area contributed by atoms with Gasteiger partial charge in [0.1, 0.15) is 17.6 Å². The lowest BCUT2D eigenvalue weighted by Gasteiger charge is -2.19. The molecule has 1 heterocycles. The quantitative estimate of drug-likeness (QED) is 0.913. The zero-order chi connectivity index (χ0) is 16.4. The Morgan fingerprint density at radius 3 is 2.35 bits per heavy atom. The van der Waals surface area contributed by atoms with Crippen molar-refractivity contribution in [1.82, 2.24) is 0 Å². The molecule has 2 atom stereocenters. The van der Waals surface area contributed by atoms with E-state index in [-0.39, 0.29) is 5.92 Å². The molecule has 1 amide bonds. The molecule has 120 valence electrons. The molecule has 0 fully saturated rings. The van der Waals surface area contributed by atoms with Gasteiger partial charge in [0.2, 0.25) is 0 Å². The molecule has 1 aliphatic heterocycles. The molecule has 23 heavy (non-hydrogen) atoms. The maximum absolute atomic E-state index is 12.2. The Hall–Kier alpha value is -2.53. The molecule has 5 nitrogen and oxygen atoms in total. The van der Waals surface area contributed by atoms with Gasteiger partial charge in [0.05, 0.1) is 14.2 Å². The monoisotopic (exact) mass is 313 g/mol. The van der Waals surface area contributed by atoms with E-state index in [1.165, 1.54) is 0 Å². The van der Waals surface area contributed by atoms with E-state index >= 15 is 0 Å². The van der Waals surface area contributed by atoms with Gasteiger partial charge in [0.25, 0.3) is 5.91 Å². The van der Waals surface area contributed by atoms with Crippen LogP contribution in [0.5, 0.6) is 11.5 Å². The molecule has 0 unspecified atom stereocenters. The fourth-order valence-corrected chi connectivity index (χ4v) is 2.88. The van der Waals surface area contributed by atoms with Crippen LogP contribution in [0.3, 0.4) is 0 Å². The van der Waals surface area contributed by atoms with Gasteiger partial charge < -0.3 is 19.9 Å². The molecule has 1 aliphatic rings. The van der Waals surface area contributed by atoms with Crippen molar-refractivity contribution in [2.45, 2.75) is 18.4 Å². The Morgan fingerprint density at radius 2 is 1.70 bits per heavy atom. The molecular formula is C18H19NO4. The molecule has 0 radical (unpaired) electrons. The van der Waals surface area contributed by atoms with Crippen LogP contribution in [0.4, 0.5) is 5.69 Å². The predicted molar refractivity (Wildman–Crippen MR) is 87.1 cm³/mol. The molecule has 3 rings (SSSR count). The number of fused-ring (bicyclic) bond motifs is 1. The fraction of sp³-hybridized carbons (Fsp3) is 0.278. The first kappa shape index (κ1) is 15.4. The van der Waals surface area contributed by atoms with Crippen molar-refractivity contribution in [3.63, 3.8) is 0 Å². The Bertz CT molecular complexity index is 711. The first-order valence-corrected chi connectivity index (χ1v) is 7.42. The summed E-state index contributed by atoms with van der Waals surface area (Å²) < 4.78 is 10.4. The number of aliphatic hydroxyl groups is 1. The molecule has 0 bridgehead atoms. The largest absolute Gasteiger partial charge is 0.497 e. The van der Waals surface area contributed by atoms with Crippen LogP contribution in [0, 0.1) is 0 Å². The van der Waals surface area contributed by atoms with E-state index in [1.807, 2.05) is 30.3 Å². The van der Waals surface area contributed by atoms with Gasteiger partial charge in [0, 0.05) is 11.6 Å². The van der Waals surface area contributed by atoms with Gasteiger partial charge in [-0.1, -0.05) is 12.1 Å². The van der Waals surface area contributed by atoms with E-state index in [0.29, 0.717) is 12.1 Å².